The number of carbonyl (C=O) groups is 3. The van der Waals surface area contributed by atoms with Gasteiger partial charge in [0.1, 0.15) is 5.00 Å². The Morgan fingerprint density at radius 3 is 2.28 bits per heavy atom. The third kappa shape index (κ3) is 4.05. The van der Waals surface area contributed by atoms with E-state index in [4.69, 9.17) is 9.47 Å². The van der Waals surface area contributed by atoms with Crippen molar-refractivity contribution in [3.05, 3.63) is 51.4 Å². The summed E-state index contributed by atoms with van der Waals surface area (Å²) in [5.41, 5.74) is 2.48. The van der Waals surface area contributed by atoms with Crippen LogP contribution in [0.25, 0.3) is 0 Å². The Kier molecular flexibility index (Phi) is 5.80. The third-order valence-electron chi connectivity index (χ3n) is 5.15. The maximum Gasteiger partial charge on any atom is 0.341 e. The Morgan fingerprint density at radius 2 is 1.72 bits per heavy atom. The van der Waals surface area contributed by atoms with E-state index in [0.29, 0.717) is 29.0 Å². The van der Waals surface area contributed by atoms with Crippen LogP contribution in [0.4, 0.5) is 5.00 Å². The lowest BCUT2D eigenvalue weighted by molar-refractivity contribution is -0.142. The van der Waals surface area contributed by atoms with Crippen LogP contribution in [0.1, 0.15) is 69.8 Å². The summed E-state index contributed by atoms with van der Waals surface area (Å²) in [6, 6.07) is 7.40. The van der Waals surface area contributed by atoms with Crippen LogP contribution in [0.2, 0.25) is 0 Å². The number of hydrogen-bond acceptors (Lipinski definition) is 6. The van der Waals surface area contributed by atoms with Crippen molar-refractivity contribution in [2.75, 3.05) is 19.5 Å². The van der Waals surface area contributed by atoms with Crippen molar-refractivity contribution in [2.45, 2.75) is 44.9 Å². The molecule has 0 radical (unpaired) electrons. The number of anilines is 1. The van der Waals surface area contributed by atoms with Crippen LogP contribution in [0.3, 0.4) is 0 Å². The number of rotatable bonds is 4. The number of fused-ring (bicyclic) bond motifs is 1. The minimum atomic E-state index is -0.573. The minimum absolute atomic E-state index is 0.00941. The molecule has 3 rings (SSSR count). The van der Waals surface area contributed by atoms with Crippen LogP contribution >= 0.6 is 11.3 Å². The second-order valence-corrected chi connectivity index (χ2v) is 9.14. The summed E-state index contributed by atoms with van der Waals surface area (Å²) in [5, 5.41) is 3.24. The molecule has 6 nitrogen and oxygen atoms in total. The molecule has 0 fully saturated rings. The van der Waals surface area contributed by atoms with E-state index in [0.717, 1.165) is 10.4 Å². The van der Waals surface area contributed by atoms with Crippen LogP contribution in [0.15, 0.2) is 24.3 Å². The minimum Gasteiger partial charge on any atom is -0.469 e. The van der Waals surface area contributed by atoms with Gasteiger partial charge in [-0.1, -0.05) is 32.9 Å². The average Bonchev–Trinajstić information content (AvgIpc) is 3.24. The summed E-state index contributed by atoms with van der Waals surface area (Å²) in [6.07, 6.45) is 1.24. The quantitative estimate of drug-likeness (QED) is 0.754. The van der Waals surface area contributed by atoms with Gasteiger partial charge in [0, 0.05) is 10.4 Å². The van der Waals surface area contributed by atoms with Gasteiger partial charge in [0.25, 0.3) is 5.91 Å². The molecule has 29 heavy (non-hydrogen) atoms. The van der Waals surface area contributed by atoms with Gasteiger partial charge < -0.3 is 14.8 Å². The van der Waals surface area contributed by atoms with Crippen molar-refractivity contribution >= 4 is 34.2 Å². The zero-order chi connectivity index (χ0) is 21.3. The molecule has 1 amide bonds. The highest BCUT2D eigenvalue weighted by Gasteiger charge is 2.38. The van der Waals surface area contributed by atoms with E-state index in [1.165, 1.54) is 25.6 Å². The summed E-state index contributed by atoms with van der Waals surface area (Å²) in [7, 11) is 2.61. The topological polar surface area (TPSA) is 81.7 Å². The Labute approximate surface area is 174 Å². The molecule has 0 unspecified atom stereocenters. The van der Waals surface area contributed by atoms with Crippen molar-refractivity contribution in [1.82, 2.24) is 0 Å². The van der Waals surface area contributed by atoms with Crippen molar-refractivity contribution in [3.63, 3.8) is 0 Å². The maximum atomic E-state index is 12.8. The monoisotopic (exact) mass is 415 g/mol. The molecule has 1 atom stereocenters. The predicted octanol–water partition coefficient (Wildman–Crippen LogP) is 4.29. The van der Waals surface area contributed by atoms with Gasteiger partial charge in [-0.25, -0.2) is 4.79 Å². The first-order valence-electron chi connectivity index (χ1n) is 9.41. The fourth-order valence-electron chi connectivity index (χ4n) is 3.53. The molecule has 1 N–H and O–H groups in total. The van der Waals surface area contributed by atoms with Crippen LogP contribution in [0.5, 0.6) is 0 Å². The number of methoxy groups -OCH3 is 2. The van der Waals surface area contributed by atoms with E-state index in [2.05, 4.69) is 26.1 Å². The second-order valence-electron chi connectivity index (χ2n) is 8.03. The zero-order valence-corrected chi connectivity index (χ0v) is 18.1. The third-order valence-corrected chi connectivity index (χ3v) is 6.33. The highest BCUT2D eigenvalue weighted by atomic mass is 32.1. The molecular formula is C22H25NO5S. The number of ether oxygens (including phenoxy) is 2. The molecule has 1 aliphatic rings. The van der Waals surface area contributed by atoms with E-state index < -0.39 is 11.9 Å². The van der Waals surface area contributed by atoms with E-state index in [-0.39, 0.29) is 22.9 Å². The summed E-state index contributed by atoms with van der Waals surface area (Å²) in [6.45, 7) is 6.32. The van der Waals surface area contributed by atoms with Gasteiger partial charge in [0.2, 0.25) is 0 Å². The average molecular weight is 416 g/mol. The molecule has 0 saturated carbocycles. The van der Waals surface area contributed by atoms with Crippen LogP contribution in [-0.4, -0.2) is 32.1 Å². The van der Waals surface area contributed by atoms with Gasteiger partial charge in [-0.3, -0.25) is 9.59 Å². The Hall–Kier alpha value is -2.67. The Bertz CT molecular complexity index is 953. The first-order valence-corrected chi connectivity index (χ1v) is 10.2. The normalized spacial score (nSPS) is 15.6. The summed E-state index contributed by atoms with van der Waals surface area (Å²) in [4.78, 5) is 38.3. The summed E-state index contributed by atoms with van der Waals surface area (Å²) in [5.74, 6) is -1.79. The lowest BCUT2D eigenvalue weighted by atomic mass is 9.87. The van der Waals surface area contributed by atoms with E-state index in [1.54, 1.807) is 12.1 Å². The number of aryl methyl sites for hydroxylation is 1. The number of esters is 2. The fraction of sp³-hybridized carbons (Fsp3) is 0.409. The Balaban J connectivity index is 1.92. The van der Waals surface area contributed by atoms with Gasteiger partial charge in [-0.05, 0) is 41.5 Å². The van der Waals surface area contributed by atoms with E-state index in [9.17, 15) is 14.4 Å². The van der Waals surface area contributed by atoms with E-state index in [1.807, 2.05) is 12.1 Å². The standard InChI is InChI=1S/C22H25NO5S/c1-22(2,3)13-8-6-12(7-9-13)18(24)23-19-17(21(26)28-5)16-14(20(25)27-4)10-11-15(16)29-19/h6-9,14H,10-11H2,1-5H3,(H,23,24)/t14-/m0/s1. The highest BCUT2D eigenvalue weighted by molar-refractivity contribution is 7.17. The lowest BCUT2D eigenvalue weighted by Gasteiger charge is -2.19. The maximum absolute atomic E-state index is 12.8. The van der Waals surface area contributed by atoms with Crippen LogP contribution in [-0.2, 0) is 26.1 Å². The molecule has 0 aliphatic heterocycles. The second kappa shape index (κ2) is 7.99. The molecule has 1 aromatic carbocycles. The SMILES string of the molecule is COC(=O)c1c(NC(=O)c2ccc(C(C)(C)C)cc2)sc2c1[C@@H](C(=O)OC)CC2. The molecule has 1 heterocycles. The lowest BCUT2D eigenvalue weighted by Crippen LogP contribution is -2.18. The van der Waals surface area contributed by atoms with Crippen molar-refractivity contribution < 1.29 is 23.9 Å². The van der Waals surface area contributed by atoms with Gasteiger partial charge in [0.05, 0.1) is 25.7 Å². The molecule has 0 spiro atoms. The molecule has 1 aromatic heterocycles. The van der Waals surface area contributed by atoms with Crippen molar-refractivity contribution in [1.29, 1.82) is 0 Å². The largest absolute Gasteiger partial charge is 0.469 e. The Morgan fingerprint density at radius 1 is 1.07 bits per heavy atom. The van der Waals surface area contributed by atoms with E-state index >= 15 is 0 Å². The number of carbonyl (C=O) groups excluding carboxylic acids is 3. The molecule has 2 aromatic rings. The number of nitrogens with one attached hydrogen (secondary N) is 1. The zero-order valence-electron chi connectivity index (χ0n) is 17.3. The highest BCUT2D eigenvalue weighted by Crippen LogP contribution is 2.46. The predicted molar refractivity (Wildman–Crippen MR) is 112 cm³/mol. The smallest absolute Gasteiger partial charge is 0.341 e. The fourth-order valence-corrected chi connectivity index (χ4v) is 4.79. The first kappa shape index (κ1) is 21.0. The summed E-state index contributed by atoms with van der Waals surface area (Å²) < 4.78 is 9.81. The van der Waals surface area contributed by atoms with Gasteiger partial charge in [0.15, 0.2) is 0 Å². The molecule has 154 valence electrons. The number of amides is 1. The van der Waals surface area contributed by atoms with Gasteiger partial charge in [-0.15, -0.1) is 11.3 Å². The van der Waals surface area contributed by atoms with Crippen molar-refractivity contribution in [2.24, 2.45) is 0 Å². The molecule has 0 bridgehead atoms. The first-order chi connectivity index (χ1) is 13.7. The van der Waals surface area contributed by atoms with Crippen LogP contribution in [0, 0.1) is 0 Å². The van der Waals surface area contributed by atoms with Gasteiger partial charge >= 0.3 is 11.9 Å². The number of thiophene rings is 1. The molecular weight excluding hydrogens is 390 g/mol. The molecule has 7 heteroatoms. The number of hydrogen-bond donors (Lipinski definition) is 1. The van der Waals surface area contributed by atoms with Crippen molar-refractivity contribution in [3.8, 4) is 0 Å². The number of benzene rings is 1. The molecule has 1 aliphatic carbocycles. The molecule has 0 saturated heterocycles. The summed E-state index contributed by atoms with van der Waals surface area (Å²) >= 11 is 1.31. The van der Waals surface area contributed by atoms with Gasteiger partial charge in [-0.2, -0.15) is 0 Å². The van der Waals surface area contributed by atoms with Crippen LogP contribution < -0.4 is 5.32 Å².